The van der Waals surface area contributed by atoms with Gasteiger partial charge in [-0.25, -0.2) is 0 Å². The number of aromatic amines is 1. The number of nitrogen functional groups attached to an aromatic ring is 1. The van der Waals surface area contributed by atoms with Gasteiger partial charge in [0.15, 0.2) is 0 Å². The van der Waals surface area contributed by atoms with Crippen molar-refractivity contribution < 1.29 is 0 Å². The fourth-order valence-electron chi connectivity index (χ4n) is 1.15. The molecule has 0 aromatic carbocycles. The van der Waals surface area contributed by atoms with Gasteiger partial charge < -0.3 is 10.6 Å². The molecule has 0 fully saturated rings. The van der Waals surface area contributed by atoms with Crippen LogP contribution in [0.2, 0.25) is 0 Å². The Morgan fingerprint density at radius 3 is 3.00 bits per heavy atom. The van der Waals surface area contributed by atoms with Crippen molar-refractivity contribution >= 4 is 23.2 Å². The summed E-state index contributed by atoms with van der Waals surface area (Å²) in [6.45, 7) is 0.812. The van der Waals surface area contributed by atoms with Crippen LogP contribution < -0.4 is 10.6 Å². The molecular formula is C8H11N5S. The number of nitrogens with two attached hydrogens (primary N) is 1. The van der Waals surface area contributed by atoms with E-state index in [2.05, 4.69) is 26.6 Å². The molecule has 2 aromatic heterocycles. The van der Waals surface area contributed by atoms with Gasteiger partial charge in [-0.1, -0.05) is 6.07 Å². The second kappa shape index (κ2) is 3.67. The minimum absolute atomic E-state index is 0.345. The second-order valence-electron chi connectivity index (χ2n) is 2.97. The monoisotopic (exact) mass is 209 g/mol. The Labute approximate surface area is 85.6 Å². The van der Waals surface area contributed by atoms with Crippen LogP contribution in [0, 0.1) is 0 Å². The fourth-order valence-corrected chi connectivity index (χ4v) is 1.91. The van der Waals surface area contributed by atoms with Gasteiger partial charge in [-0.2, -0.15) is 0 Å². The molecule has 74 valence electrons. The lowest BCUT2D eigenvalue weighted by atomic mass is 10.4. The van der Waals surface area contributed by atoms with E-state index in [-0.39, 0.29) is 0 Å². The smallest absolute Gasteiger partial charge is 0.226 e. The van der Waals surface area contributed by atoms with Gasteiger partial charge >= 0.3 is 0 Å². The summed E-state index contributed by atoms with van der Waals surface area (Å²) in [6, 6.07) is 4.11. The molecule has 0 saturated heterocycles. The quantitative estimate of drug-likeness (QED) is 0.793. The van der Waals surface area contributed by atoms with E-state index < -0.39 is 0 Å². The standard InChI is InChI=1S/C8H11N5S/c1-13(5-6-3-2-4-14-6)8-10-7(9)11-12-8/h2-4H,5H2,1H3,(H3,9,10,11,12). The summed E-state index contributed by atoms with van der Waals surface area (Å²) >= 11 is 1.72. The molecule has 6 heteroatoms. The molecule has 0 atom stereocenters. The molecule has 14 heavy (non-hydrogen) atoms. The third-order valence-electron chi connectivity index (χ3n) is 1.83. The molecule has 5 nitrogen and oxygen atoms in total. The minimum atomic E-state index is 0.345. The first-order valence-electron chi connectivity index (χ1n) is 4.17. The van der Waals surface area contributed by atoms with Gasteiger partial charge in [-0.05, 0) is 11.4 Å². The summed E-state index contributed by atoms with van der Waals surface area (Å²) < 4.78 is 0. The Balaban J connectivity index is 2.06. The van der Waals surface area contributed by atoms with Crippen LogP contribution in [0.25, 0.3) is 0 Å². The number of rotatable bonds is 3. The highest BCUT2D eigenvalue weighted by atomic mass is 32.1. The fraction of sp³-hybridized carbons (Fsp3) is 0.250. The normalized spacial score (nSPS) is 10.4. The Hall–Kier alpha value is -1.56. The van der Waals surface area contributed by atoms with Crippen molar-refractivity contribution in [2.75, 3.05) is 17.7 Å². The van der Waals surface area contributed by atoms with Crippen LogP contribution in [0.5, 0.6) is 0 Å². The first-order valence-corrected chi connectivity index (χ1v) is 5.05. The van der Waals surface area contributed by atoms with Crippen molar-refractivity contribution in [2.45, 2.75) is 6.54 Å². The predicted octanol–water partition coefficient (Wildman–Crippen LogP) is 1.08. The van der Waals surface area contributed by atoms with Gasteiger partial charge in [0.25, 0.3) is 0 Å². The topological polar surface area (TPSA) is 70.8 Å². The molecule has 3 N–H and O–H groups in total. The van der Waals surface area contributed by atoms with E-state index in [1.807, 2.05) is 18.0 Å². The summed E-state index contributed by atoms with van der Waals surface area (Å²) in [5.41, 5.74) is 5.44. The molecule has 0 bridgehead atoms. The average Bonchev–Trinajstić information content (AvgIpc) is 2.75. The summed E-state index contributed by atoms with van der Waals surface area (Å²) in [5, 5.41) is 9.65. The van der Waals surface area contributed by atoms with Gasteiger partial charge in [-0.3, -0.25) is 4.98 Å². The lowest BCUT2D eigenvalue weighted by Gasteiger charge is -2.13. The Kier molecular flexibility index (Phi) is 2.36. The first kappa shape index (κ1) is 9.01. The van der Waals surface area contributed by atoms with Crippen LogP contribution in [0.3, 0.4) is 0 Å². The highest BCUT2D eigenvalue weighted by Gasteiger charge is 2.06. The van der Waals surface area contributed by atoms with Crippen molar-refractivity contribution in [1.82, 2.24) is 15.2 Å². The van der Waals surface area contributed by atoms with Crippen LogP contribution in [0.15, 0.2) is 17.5 Å². The van der Waals surface area contributed by atoms with Crippen molar-refractivity contribution in [2.24, 2.45) is 0 Å². The maximum absolute atomic E-state index is 5.44. The highest BCUT2D eigenvalue weighted by molar-refractivity contribution is 7.09. The molecule has 0 aliphatic rings. The molecular weight excluding hydrogens is 198 g/mol. The molecule has 0 saturated carbocycles. The Morgan fingerprint density at radius 1 is 1.57 bits per heavy atom. The molecule has 2 heterocycles. The Morgan fingerprint density at radius 2 is 2.43 bits per heavy atom. The molecule has 0 unspecified atom stereocenters. The van der Waals surface area contributed by atoms with E-state index in [9.17, 15) is 0 Å². The molecule has 0 spiro atoms. The maximum atomic E-state index is 5.44. The van der Waals surface area contributed by atoms with E-state index in [0.717, 1.165) is 6.54 Å². The number of nitrogens with one attached hydrogen (secondary N) is 1. The lowest BCUT2D eigenvalue weighted by molar-refractivity contribution is 0.882. The van der Waals surface area contributed by atoms with Crippen LogP contribution in [-0.4, -0.2) is 22.2 Å². The zero-order chi connectivity index (χ0) is 9.97. The van der Waals surface area contributed by atoms with Crippen molar-refractivity contribution in [3.63, 3.8) is 0 Å². The average molecular weight is 209 g/mol. The zero-order valence-corrected chi connectivity index (χ0v) is 8.58. The number of nitrogens with zero attached hydrogens (tertiary/aromatic N) is 3. The van der Waals surface area contributed by atoms with Gasteiger partial charge in [0.1, 0.15) is 0 Å². The van der Waals surface area contributed by atoms with Crippen LogP contribution in [0.4, 0.5) is 11.9 Å². The van der Waals surface area contributed by atoms with E-state index in [0.29, 0.717) is 11.9 Å². The van der Waals surface area contributed by atoms with E-state index in [1.165, 1.54) is 4.88 Å². The molecule has 2 rings (SSSR count). The van der Waals surface area contributed by atoms with Gasteiger partial charge in [0.2, 0.25) is 11.9 Å². The van der Waals surface area contributed by atoms with Crippen molar-refractivity contribution in [3.8, 4) is 0 Å². The van der Waals surface area contributed by atoms with Crippen LogP contribution >= 0.6 is 11.3 Å². The summed E-state index contributed by atoms with van der Waals surface area (Å²) in [5.74, 6) is 1.04. The minimum Gasteiger partial charge on any atom is -0.368 e. The van der Waals surface area contributed by atoms with E-state index in [1.54, 1.807) is 11.3 Å². The van der Waals surface area contributed by atoms with Gasteiger partial charge in [0, 0.05) is 11.9 Å². The third kappa shape index (κ3) is 1.85. The number of H-pyrrole nitrogens is 1. The number of hydrogen-bond acceptors (Lipinski definition) is 5. The summed E-state index contributed by atoms with van der Waals surface area (Å²) in [6.07, 6.45) is 0. The largest absolute Gasteiger partial charge is 0.368 e. The number of anilines is 2. The van der Waals surface area contributed by atoms with Gasteiger partial charge in [-0.15, -0.1) is 21.5 Å². The number of hydrogen-bond donors (Lipinski definition) is 2. The van der Waals surface area contributed by atoms with Crippen molar-refractivity contribution in [1.29, 1.82) is 0 Å². The van der Waals surface area contributed by atoms with Crippen molar-refractivity contribution in [3.05, 3.63) is 22.4 Å². The molecule has 2 aromatic rings. The first-order chi connectivity index (χ1) is 6.75. The summed E-state index contributed by atoms with van der Waals surface area (Å²) in [7, 11) is 1.94. The lowest BCUT2D eigenvalue weighted by Crippen LogP contribution is -2.16. The number of aromatic nitrogens is 3. The molecule has 0 radical (unpaired) electrons. The predicted molar refractivity (Wildman–Crippen MR) is 57.2 cm³/mol. The van der Waals surface area contributed by atoms with Crippen LogP contribution in [0.1, 0.15) is 4.88 Å². The second-order valence-corrected chi connectivity index (χ2v) is 4.00. The summed E-state index contributed by atoms with van der Waals surface area (Å²) in [4.78, 5) is 6.12. The third-order valence-corrected chi connectivity index (χ3v) is 2.69. The Bertz CT molecular complexity index is 394. The van der Waals surface area contributed by atoms with E-state index >= 15 is 0 Å². The SMILES string of the molecule is CN(Cc1cccs1)c1nnc(N)[nH]1. The highest BCUT2D eigenvalue weighted by Crippen LogP contribution is 2.14. The molecule has 0 amide bonds. The maximum Gasteiger partial charge on any atom is 0.226 e. The van der Waals surface area contributed by atoms with E-state index in [4.69, 9.17) is 5.73 Å². The zero-order valence-electron chi connectivity index (χ0n) is 7.77. The molecule has 0 aliphatic heterocycles. The molecule has 0 aliphatic carbocycles. The van der Waals surface area contributed by atoms with Crippen LogP contribution in [-0.2, 0) is 6.54 Å². The van der Waals surface area contributed by atoms with Gasteiger partial charge in [0.05, 0.1) is 6.54 Å². The number of thiophene rings is 1.